The number of halogens is 1. The Morgan fingerprint density at radius 1 is 1.45 bits per heavy atom. The lowest BCUT2D eigenvalue weighted by atomic mass is 10.0. The lowest BCUT2D eigenvalue weighted by molar-refractivity contribution is 0.0000902. The maximum atomic E-state index is 11.9. The smallest absolute Gasteiger partial charge is 0.410 e. The Balaban J connectivity index is 1.53. The number of ether oxygens (including phenoxy) is 1. The number of likely N-dealkylation sites (tertiary alicyclic amines) is 1. The van der Waals surface area contributed by atoms with Gasteiger partial charge in [-0.25, -0.2) is 19.8 Å². The van der Waals surface area contributed by atoms with E-state index in [0.29, 0.717) is 24.8 Å². The first kappa shape index (κ1) is 15.4. The zero-order valence-electron chi connectivity index (χ0n) is 12.8. The molecule has 0 aromatic carbocycles. The number of nitrogens with zero attached hydrogens (tertiary/aromatic N) is 5. The van der Waals surface area contributed by atoms with Crippen LogP contribution in [0, 0.1) is 9.49 Å². The summed E-state index contributed by atoms with van der Waals surface area (Å²) < 4.78 is 10.9. The Labute approximate surface area is 139 Å². The Morgan fingerprint density at radius 3 is 2.86 bits per heavy atom. The van der Waals surface area contributed by atoms with Gasteiger partial charge in [0, 0.05) is 25.6 Å². The van der Waals surface area contributed by atoms with Crippen molar-refractivity contribution in [1.29, 1.82) is 0 Å². The minimum absolute atomic E-state index is 0.249. The zero-order chi connectivity index (χ0) is 15.9. The van der Waals surface area contributed by atoms with Crippen molar-refractivity contribution >= 4 is 38.8 Å². The summed E-state index contributed by atoms with van der Waals surface area (Å²) in [5, 5.41) is 1.91. The monoisotopic (exact) mass is 418 g/mol. The van der Waals surface area contributed by atoms with E-state index >= 15 is 0 Å². The van der Waals surface area contributed by atoms with E-state index in [4.69, 9.17) is 10.5 Å². The maximum absolute atomic E-state index is 11.9. The van der Waals surface area contributed by atoms with Crippen molar-refractivity contribution < 1.29 is 9.53 Å². The van der Waals surface area contributed by atoms with Gasteiger partial charge in [-0.1, -0.05) is 0 Å². The Kier molecular flexibility index (Phi) is 3.91. The van der Waals surface area contributed by atoms with E-state index in [1.165, 1.54) is 6.33 Å². The first-order chi connectivity index (χ1) is 10.3. The highest BCUT2D eigenvalue weighted by Gasteiger charge is 2.36. The van der Waals surface area contributed by atoms with Gasteiger partial charge in [0.15, 0.2) is 5.82 Å². The first-order valence-corrected chi connectivity index (χ1v) is 9.09. The number of anilines is 2. The van der Waals surface area contributed by atoms with Crippen LogP contribution in [0.25, 0.3) is 0 Å². The van der Waals surface area contributed by atoms with Crippen LogP contribution in [0.1, 0.15) is 20.8 Å². The third-order valence-corrected chi connectivity index (χ3v) is 5.55. The molecule has 22 heavy (non-hydrogen) atoms. The minimum atomic E-state index is -0.500. The van der Waals surface area contributed by atoms with Gasteiger partial charge in [0.25, 0.3) is 0 Å². The van der Waals surface area contributed by atoms with E-state index in [2.05, 4.69) is 13.2 Å². The largest absolute Gasteiger partial charge is 0.444 e. The van der Waals surface area contributed by atoms with Crippen molar-refractivity contribution in [3.05, 3.63) is 9.90 Å². The average molecular weight is 418 g/mol. The number of nitrogens with two attached hydrogens (primary N) is 1. The molecule has 2 N–H and O–H groups in total. The molecule has 3 rings (SSSR count). The third-order valence-electron chi connectivity index (χ3n) is 3.30. The molecule has 1 amide bonds. The SMILES string of the molecule is CC(C)(C)OC(=O)N1CC(CN2N=Ic3c(N)ncnc32)C1. The summed E-state index contributed by atoms with van der Waals surface area (Å²) in [4.78, 5) is 21.9. The molecule has 1 fully saturated rings. The highest BCUT2D eigenvalue weighted by atomic mass is 127. The van der Waals surface area contributed by atoms with Crippen molar-refractivity contribution in [3.63, 3.8) is 0 Å². The molecule has 0 radical (unpaired) electrons. The summed E-state index contributed by atoms with van der Waals surface area (Å²) in [5.74, 6) is 1.74. The molecule has 8 nitrogen and oxygen atoms in total. The molecular weight excluding hydrogens is 399 g/mol. The van der Waals surface area contributed by atoms with Crippen LogP contribution in [-0.2, 0) is 4.74 Å². The normalized spacial score (nSPS) is 17.8. The highest BCUT2D eigenvalue weighted by molar-refractivity contribution is 14.2. The van der Waals surface area contributed by atoms with Crippen molar-refractivity contribution in [2.75, 3.05) is 30.4 Å². The van der Waals surface area contributed by atoms with Gasteiger partial charge in [0.2, 0.25) is 0 Å². The molecule has 0 unspecified atom stereocenters. The van der Waals surface area contributed by atoms with Gasteiger partial charge < -0.3 is 15.4 Å². The molecule has 1 aromatic heterocycles. The van der Waals surface area contributed by atoms with E-state index in [-0.39, 0.29) is 6.09 Å². The van der Waals surface area contributed by atoms with Crippen molar-refractivity contribution in [2.24, 2.45) is 9.17 Å². The fourth-order valence-electron chi connectivity index (χ4n) is 2.28. The number of hydrogen-bond acceptors (Lipinski definition) is 7. The Bertz CT molecular complexity index is 623. The molecular formula is C13H19IN6O2. The number of fused-ring (bicyclic) bond motifs is 1. The number of aromatic nitrogens is 2. The number of amides is 1. The second-order valence-corrected chi connectivity index (χ2v) is 8.38. The number of carbonyl (C=O) groups is 1. The van der Waals surface area contributed by atoms with Crippen LogP contribution >= 0.6 is 21.0 Å². The molecule has 9 heteroatoms. The molecule has 0 atom stereocenters. The van der Waals surface area contributed by atoms with Gasteiger partial charge in [-0.3, -0.25) is 0 Å². The summed E-state index contributed by atoms with van der Waals surface area (Å²) in [5.41, 5.74) is 5.40. The zero-order valence-corrected chi connectivity index (χ0v) is 14.9. The van der Waals surface area contributed by atoms with Crippen LogP contribution in [0.5, 0.6) is 0 Å². The highest BCUT2D eigenvalue weighted by Crippen LogP contribution is 2.36. The number of hydrogen-bond donors (Lipinski definition) is 1. The van der Waals surface area contributed by atoms with E-state index < -0.39 is 26.6 Å². The van der Waals surface area contributed by atoms with Crippen LogP contribution in [-0.4, -0.2) is 46.2 Å². The average Bonchev–Trinajstić information content (AvgIpc) is 2.75. The van der Waals surface area contributed by atoms with Crippen LogP contribution in [0.3, 0.4) is 0 Å². The van der Waals surface area contributed by atoms with Gasteiger partial charge in [0.1, 0.15) is 21.3 Å². The molecule has 0 spiro atoms. The molecule has 0 aliphatic carbocycles. The lowest BCUT2D eigenvalue weighted by Crippen LogP contribution is -2.54. The molecule has 1 saturated heterocycles. The van der Waals surface area contributed by atoms with Crippen molar-refractivity contribution in [3.8, 4) is 0 Å². The van der Waals surface area contributed by atoms with Crippen LogP contribution in [0.15, 0.2) is 9.58 Å². The second kappa shape index (κ2) is 5.60. The standard InChI is InChI=1S/C13H19IN6O2/c1-13(2,3)22-12(21)19-4-8(5-19)6-20-11-9(14-18-20)10(15)16-7-17-11/h7-8H,4-6H2,1-3H3,(H2,15,16,17). The number of rotatable bonds is 2. The van der Waals surface area contributed by atoms with Gasteiger partial charge in [0.05, 0.1) is 21.0 Å². The molecule has 2 aliphatic heterocycles. The summed E-state index contributed by atoms with van der Waals surface area (Å²) in [6.07, 6.45) is 1.22. The van der Waals surface area contributed by atoms with E-state index in [1.807, 2.05) is 25.8 Å². The molecule has 2 aliphatic rings. The lowest BCUT2D eigenvalue weighted by Gasteiger charge is -2.40. The quantitative estimate of drug-likeness (QED) is 0.738. The van der Waals surface area contributed by atoms with Crippen LogP contribution in [0.2, 0.25) is 0 Å². The number of nitrogen functional groups attached to an aromatic ring is 1. The van der Waals surface area contributed by atoms with Gasteiger partial charge in [-0.2, -0.15) is 0 Å². The summed E-state index contributed by atoms with van der Waals surface area (Å²) in [6.45, 7) is 7.74. The second-order valence-electron chi connectivity index (χ2n) is 6.39. The fraction of sp³-hybridized carbons (Fsp3) is 0.615. The predicted octanol–water partition coefficient (Wildman–Crippen LogP) is 1.98. The Morgan fingerprint density at radius 2 is 2.18 bits per heavy atom. The van der Waals surface area contributed by atoms with E-state index in [1.54, 1.807) is 4.90 Å². The van der Waals surface area contributed by atoms with Crippen molar-refractivity contribution in [1.82, 2.24) is 14.9 Å². The van der Waals surface area contributed by atoms with Crippen LogP contribution < -0.4 is 10.7 Å². The summed E-state index contributed by atoms with van der Waals surface area (Å²) >= 11 is -0.500. The first-order valence-electron chi connectivity index (χ1n) is 7.04. The molecule has 3 heterocycles. The van der Waals surface area contributed by atoms with E-state index in [0.717, 1.165) is 15.9 Å². The summed E-state index contributed by atoms with van der Waals surface area (Å²) in [6, 6.07) is 0. The molecule has 1 aromatic rings. The van der Waals surface area contributed by atoms with Gasteiger partial charge in [-0.15, -0.1) is 3.25 Å². The molecule has 0 saturated carbocycles. The van der Waals surface area contributed by atoms with Gasteiger partial charge in [-0.05, 0) is 20.8 Å². The van der Waals surface area contributed by atoms with Crippen molar-refractivity contribution in [2.45, 2.75) is 26.4 Å². The fourth-order valence-corrected chi connectivity index (χ4v) is 4.15. The van der Waals surface area contributed by atoms with Gasteiger partial charge >= 0.3 is 6.09 Å². The van der Waals surface area contributed by atoms with Crippen LogP contribution in [0.4, 0.5) is 16.4 Å². The Hall–Kier alpha value is -1.52. The topological polar surface area (TPSA) is 96.9 Å². The third kappa shape index (κ3) is 3.13. The molecule has 120 valence electrons. The minimum Gasteiger partial charge on any atom is -0.444 e. The molecule has 0 bridgehead atoms. The predicted molar refractivity (Wildman–Crippen MR) is 90.2 cm³/mol. The summed E-state index contributed by atoms with van der Waals surface area (Å²) in [7, 11) is 0. The number of carbonyl (C=O) groups excluding carboxylic acids is 1. The maximum Gasteiger partial charge on any atom is 0.410 e. The van der Waals surface area contributed by atoms with E-state index in [9.17, 15) is 4.79 Å².